The van der Waals surface area contributed by atoms with Crippen molar-refractivity contribution in [2.45, 2.75) is 70.4 Å². The lowest BCUT2D eigenvalue weighted by Gasteiger charge is -2.51. The molecule has 1 atom stereocenters. The maximum Gasteiger partial charge on any atom is 0.413 e. The van der Waals surface area contributed by atoms with E-state index in [1.165, 1.54) is 6.07 Å². The minimum Gasteiger partial charge on any atom is -0.474 e. The van der Waals surface area contributed by atoms with Crippen LogP contribution in [-0.4, -0.2) is 108 Å². The molecule has 0 radical (unpaired) electrons. The number of pyridine rings is 2. The number of halogens is 1. The number of nitrogens with zero attached hydrogens (tertiary/aromatic N) is 5. The predicted octanol–water partition coefficient (Wildman–Crippen LogP) is 5.66. The lowest BCUT2D eigenvalue weighted by Crippen LogP contribution is -2.54. The fourth-order valence-electron chi connectivity index (χ4n) is 10.3. The summed E-state index contributed by atoms with van der Waals surface area (Å²) >= 11 is 0. The van der Waals surface area contributed by atoms with Crippen molar-refractivity contribution < 1.29 is 37.8 Å². The molecule has 0 bridgehead atoms. The summed E-state index contributed by atoms with van der Waals surface area (Å²) in [5.74, 6) is -1.02. The Morgan fingerprint density at radius 3 is 2.54 bits per heavy atom. The van der Waals surface area contributed by atoms with Crippen molar-refractivity contribution in [2.75, 3.05) is 61.4 Å². The molecular formula is C45H47FN8O7. The Labute approximate surface area is 351 Å². The van der Waals surface area contributed by atoms with Crippen molar-refractivity contribution in [1.29, 1.82) is 0 Å². The maximum absolute atomic E-state index is 15.3. The number of imide groups is 2. The molecule has 3 N–H and O–H groups in total. The van der Waals surface area contributed by atoms with E-state index >= 15 is 4.39 Å². The van der Waals surface area contributed by atoms with Crippen molar-refractivity contribution in [2.24, 2.45) is 11.3 Å². The number of carbonyl (C=O) groups is 5. The number of rotatable bonds is 7. The highest BCUT2D eigenvalue weighted by Crippen LogP contribution is 2.50. The van der Waals surface area contributed by atoms with E-state index in [-0.39, 0.29) is 24.4 Å². The van der Waals surface area contributed by atoms with Gasteiger partial charge in [0.2, 0.25) is 17.7 Å². The molecule has 7 heterocycles. The third-order valence-corrected chi connectivity index (χ3v) is 13.7. The number of anilines is 3. The van der Waals surface area contributed by atoms with Gasteiger partial charge in [-0.15, -0.1) is 0 Å². The third-order valence-electron chi connectivity index (χ3n) is 13.7. The predicted molar refractivity (Wildman–Crippen MR) is 223 cm³/mol. The van der Waals surface area contributed by atoms with Gasteiger partial charge in [-0.3, -0.25) is 34.7 Å². The fourth-order valence-corrected chi connectivity index (χ4v) is 10.3. The average Bonchev–Trinajstić information content (AvgIpc) is 3.50. The van der Waals surface area contributed by atoms with Gasteiger partial charge in [-0.2, -0.15) is 0 Å². The van der Waals surface area contributed by atoms with Gasteiger partial charge in [0.15, 0.2) is 0 Å². The van der Waals surface area contributed by atoms with Crippen LogP contribution >= 0.6 is 0 Å². The second-order valence-electron chi connectivity index (χ2n) is 17.4. The molecule has 1 saturated carbocycles. The van der Waals surface area contributed by atoms with Crippen LogP contribution in [0.25, 0.3) is 21.9 Å². The van der Waals surface area contributed by atoms with Crippen molar-refractivity contribution in [3.05, 3.63) is 71.3 Å². The Kier molecular flexibility index (Phi) is 9.84. The molecule has 15 nitrogen and oxygen atoms in total. The number of piperidine rings is 3. The fraction of sp³-hybridized carbons (Fsp3) is 0.444. The molecule has 16 heteroatoms. The topological polar surface area (TPSA) is 175 Å². The number of ether oxygens (including phenoxy) is 2. The Balaban J connectivity index is 0.690. The van der Waals surface area contributed by atoms with E-state index in [2.05, 4.69) is 35.7 Å². The van der Waals surface area contributed by atoms with Crippen molar-refractivity contribution in [1.82, 2.24) is 25.1 Å². The summed E-state index contributed by atoms with van der Waals surface area (Å²) < 4.78 is 26.8. The van der Waals surface area contributed by atoms with E-state index in [9.17, 15) is 24.0 Å². The monoisotopic (exact) mass is 830 g/mol. The standard InChI is InChI=1S/C45H47FN8O7/c1-25-32(23-49-41-39(25)47-11-16-60-41)31-17-27-19-36(48-22-28(27)18-33(31)46)50-44(59)61-29-20-45(21-29)9-14-52(15-10-45)24-26-7-12-53(13-8-26)34-4-2-3-30-38(34)43(58)54(42(30)57)35-5-6-37(55)51-40(35)56/h2-4,17-19,22-23,26,29,35,47H,5-16,20-21,24H2,1H3,(H,48,50,59)(H,51,55,56). The highest BCUT2D eigenvalue weighted by Gasteiger charge is 2.48. The van der Waals surface area contributed by atoms with Crippen molar-refractivity contribution in [3.8, 4) is 17.0 Å². The van der Waals surface area contributed by atoms with Crippen LogP contribution in [0.1, 0.15) is 77.6 Å². The van der Waals surface area contributed by atoms with Crippen LogP contribution in [0, 0.1) is 24.1 Å². The first-order valence-corrected chi connectivity index (χ1v) is 21.3. The van der Waals surface area contributed by atoms with Crippen LogP contribution in [0.2, 0.25) is 0 Å². The third kappa shape index (κ3) is 7.19. The Morgan fingerprint density at radius 1 is 0.951 bits per heavy atom. The van der Waals surface area contributed by atoms with Crippen LogP contribution in [0.3, 0.4) is 0 Å². The molecule has 10 rings (SSSR count). The number of hydrogen-bond acceptors (Lipinski definition) is 12. The highest BCUT2D eigenvalue weighted by molar-refractivity contribution is 6.25. The van der Waals surface area contributed by atoms with E-state index in [1.807, 2.05) is 13.0 Å². The first-order chi connectivity index (χ1) is 29.5. The Hall–Kier alpha value is -6.16. The summed E-state index contributed by atoms with van der Waals surface area (Å²) in [6.07, 6.45) is 8.35. The summed E-state index contributed by atoms with van der Waals surface area (Å²) in [7, 11) is 0. The van der Waals surface area contributed by atoms with Gasteiger partial charge in [-0.05, 0) is 118 Å². The minimum atomic E-state index is -0.988. The highest BCUT2D eigenvalue weighted by atomic mass is 19.1. The van der Waals surface area contributed by atoms with Gasteiger partial charge in [0.25, 0.3) is 11.8 Å². The second kappa shape index (κ2) is 15.4. The van der Waals surface area contributed by atoms with E-state index in [1.54, 1.807) is 36.7 Å². The maximum atomic E-state index is 15.3. The molecule has 1 spiro atoms. The SMILES string of the molecule is Cc1c(-c2cc3cc(NC(=O)OC4CC5(CCN(CC6CCN(c7cccc8c7C(=O)N(C7CCC(=O)NC7=O)C8=O)CC6)CC5)C4)ncc3cc2F)cnc2c1NCCO2. The normalized spacial score (nSPS) is 21.7. The molecule has 316 valence electrons. The summed E-state index contributed by atoms with van der Waals surface area (Å²) in [6, 6.07) is 9.23. The minimum absolute atomic E-state index is 0.0841. The van der Waals surface area contributed by atoms with Crippen LogP contribution in [-0.2, 0) is 14.3 Å². The zero-order valence-corrected chi connectivity index (χ0v) is 33.9. The Morgan fingerprint density at radius 2 is 1.75 bits per heavy atom. The van der Waals surface area contributed by atoms with Crippen molar-refractivity contribution in [3.63, 3.8) is 0 Å². The zero-order chi connectivity index (χ0) is 42.0. The second-order valence-corrected chi connectivity index (χ2v) is 17.4. The molecule has 5 aliphatic heterocycles. The van der Waals surface area contributed by atoms with Gasteiger partial charge in [0.1, 0.15) is 36.1 Å². The number of hydrogen-bond donors (Lipinski definition) is 3. The number of carbonyl (C=O) groups excluding carboxylic acids is 5. The number of nitrogens with one attached hydrogen (secondary N) is 3. The number of amides is 5. The summed E-state index contributed by atoms with van der Waals surface area (Å²) in [4.78, 5) is 78.8. The van der Waals surface area contributed by atoms with Crippen molar-refractivity contribution >= 4 is 57.7 Å². The summed E-state index contributed by atoms with van der Waals surface area (Å²) in [5.41, 5.74) is 4.21. The molecule has 61 heavy (non-hydrogen) atoms. The molecule has 4 aromatic rings. The zero-order valence-electron chi connectivity index (χ0n) is 33.9. The van der Waals surface area contributed by atoms with E-state index in [4.69, 9.17) is 9.47 Å². The van der Waals surface area contributed by atoms with Crippen LogP contribution in [0.15, 0.2) is 48.8 Å². The first-order valence-electron chi connectivity index (χ1n) is 21.3. The van der Waals surface area contributed by atoms with Gasteiger partial charge in [-0.1, -0.05) is 6.07 Å². The van der Waals surface area contributed by atoms with Crippen LogP contribution in [0.4, 0.5) is 26.4 Å². The molecule has 3 saturated heterocycles. The van der Waals surface area contributed by atoms with E-state index in [0.29, 0.717) is 58.4 Å². The molecular weight excluding hydrogens is 784 g/mol. The molecule has 6 aliphatic rings. The molecule has 1 aliphatic carbocycles. The molecule has 1 unspecified atom stereocenters. The number of fused-ring (bicyclic) bond motifs is 3. The summed E-state index contributed by atoms with van der Waals surface area (Å²) in [5, 5.41) is 9.66. The molecule has 4 fully saturated rings. The smallest absolute Gasteiger partial charge is 0.413 e. The van der Waals surface area contributed by atoms with Gasteiger partial charge in [-0.25, -0.2) is 19.2 Å². The number of likely N-dealkylation sites (tertiary alicyclic amines) is 1. The largest absolute Gasteiger partial charge is 0.474 e. The van der Waals surface area contributed by atoms with Crippen LogP contribution < -0.4 is 25.6 Å². The van der Waals surface area contributed by atoms with Gasteiger partial charge in [0, 0.05) is 61.5 Å². The van der Waals surface area contributed by atoms with Gasteiger partial charge in [0.05, 0.1) is 16.8 Å². The average molecular weight is 831 g/mol. The number of benzene rings is 2. The number of aromatic nitrogens is 2. The molecule has 2 aromatic carbocycles. The van der Waals surface area contributed by atoms with Gasteiger partial charge >= 0.3 is 6.09 Å². The first kappa shape index (κ1) is 39.0. The lowest BCUT2D eigenvalue weighted by molar-refractivity contribution is -0.136. The van der Waals surface area contributed by atoms with E-state index < -0.39 is 41.6 Å². The quantitative estimate of drug-likeness (QED) is 0.195. The molecule has 5 amide bonds. The van der Waals surface area contributed by atoms with E-state index in [0.717, 1.165) is 98.5 Å². The summed E-state index contributed by atoms with van der Waals surface area (Å²) in [6.45, 7) is 7.59. The Bertz CT molecular complexity index is 2490. The molecule has 2 aromatic heterocycles. The van der Waals surface area contributed by atoms with Gasteiger partial charge < -0.3 is 24.6 Å². The lowest BCUT2D eigenvalue weighted by atomic mass is 9.61. The van der Waals surface area contributed by atoms with Crippen LogP contribution in [0.5, 0.6) is 5.88 Å².